The molecule has 0 bridgehead atoms. The molecule has 9 heteroatoms. The highest BCUT2D eigenvalue weighted by atomic mass is 35.5. The van der Waals surface area contributed by atoms with Gasteiger partial charge in [0.2, 0.25) is 0 Å². The van der Waals surface area contributed by atoms with Gasteiger partial charge in [-0.05, 0) is 38.1 Å². The Bertz CT molecular complexity index is 723. The van der Waals surface area contributed by atoms with Crippen molar-refractivity contribution in [3.05, 3.63) is 45.9 Å². The fourth-order valence-corrected chi connectivity index (χ4v) is 3.50. The lowest BCUT2D eigenvalue weighted by molar-refractivity contribution is 0.0950. The Hall–Kier alpha value is -1.38. The number of hydrogen-bond acceptors (Lipinski definition) is 6. The molecule has 0 unspecified atom stereocenters. The smallest absolute Gasteiger partial charge is 0.251 e. The maximum absolute atomic E-state index is 12.3. The van der Waals surface area contributed by atoms with Crippen molar-refractivity contribution >= 4 is 42.1 Å². The molecule has 0 atom stereocenters. The number of rotatable bonds is 8. The zero-order chi connectivity index (χ0) is 18.2. The Morgan fingerprint density at radius 3 is 2.82 bits per heavy atom. The molecule has 1 fully saturated rings. The number of carbonyl (C=O) groups is 1. The molecule has 1 saturated heterocycles. The van der Waals surface area contributed by atoms with E-state index < -0.39 is 0 Å². The lowest BCUT2D eigenvalue weighted by Crippen LogP contribution is -2.44. The Morgan fingerprint density at radius 1 is 1.32 bits per heavy atom. The lowest BCUT2D eigenvalue weighted by atomic mass is 10.2. The van der Waals surface area contributed by atoms with Crippen LogP contribution in [0.25, 0.3) is 0 Å². The van der Waals surface area contributed by atoms with Gasteiger partial charge in [0.1, 0.15) is 12.4 Å². The first-order valence-corrected chi connectivity index (χ1v) is 9.94. The Labute approximate surface area is 182 Å². The molecule has 156 valence electrons. The summed E-state index contributed by atoms with van der Waals surface area (Å²) >= 11 is 1.61. The van der Waals surface area contributed by atoms with E-state index >= 15 is 0 Å². The number of nitrogens with one attached hydrogen (secondary N) is 2. The summed E-state index contributed by atoms with van der Waals surface area (Å²) in [6.07, 6.45) is 0.963. The van der Waals surface area contributed by atoms with E-state index in [4.69, 9.17) is 4.74 Å². The molecular weight excluding hydrogens is 419 g/mol. The van der Waals surface area contributed by atoms with Crippen LogP contribution in [0.2, 0.25) is 0 Å². The summed E-state index contributed by atoms with van der Waals surface area (Å²) < 4.78 is 5.75. The number of piperazine rings is 1. The van der Waals surface area contributed by atoms with E-state index in [1.54, 1.807) is 17.4 Å². The van der Waals surface area contributed by atoms with Crippen LogP contribution in [-0.4, -0.2) is 55.1 Å². The monoisotopic (exact) mass is 446 g/mol. The topological polar surface area (TPSA) is 66.5 Å². The summed E-state index contributed by atoms with van der Waals surface area (Å²) in [5.41, 5.74) is 1.54. The van der Waals surface area contributed by atoms with Gasteiger partial charge in [-0.2, -0.15) is 0 Å². The van der Waals surface area contributed by atoms with Crippen molar-refractivity contribution in [3.63, 3.8) is 0 Å². The number of thiazole rings is 1. The van der Waals surface area contributed by atoms with Gasteiger partial charge in [0.25, 0.3) is 5.91 Å². The third-order valence-electron chi connectivity index (χ3n) is 4.30. The first-order valence-electron chi connectivity index (χ1n) is 9.06. The fourth-order valence-electron chi connectivity index (χ4n) is 2.90. The second kappa shape index (κ2) is 13.0. The average molecular weight is 447 g/mol. The van der Waals surface area contributed by atoms with Gasteiger partial charge >= 0.3 is 0 Å². The summed E-state index contributed by atoms with van der Waals surface area (Å²) in [7, 11) is 0. The van der Waals surface area contributed by atoms with Crippen molar-refractivity contribution in [2.75, 3.05) is 39.3 Å². The van der Waals surface area contributed by atoms with E-state index in [1.807, 2.05) is 30.5 Å². The van der Waals surface area contributed by atoms with Crippen LogP contribution in [0.15, 0.2) is 29.6 Å². The van der Waals surface area contributed by atoms with E-state index in [9.17, 15) is 4.79 Å². The summed E-state index contributed by atoms with van der Waals surface area (Å²) in [5, 5.41) is 9.36. The number of halogens is 2. The number of nitrogens with zero attached hydrogens (tertiary/aromatic N) is 2. The van der Waals surface area contributed by atoms with Crippen LogP contribution in [0.4, 0.5) is 0 Å². The van der Waals surface area contributed by atoms with Gasteiger partial charge in [0.05, 0.1) is 10.7 Å². The standard InChI is InChI=1S/C19H26N4O2S.2ClH/c1-15-22-17(14-26-15)13-25-18-5-2-4-16(12-18)19(24)21-6-3-9-23-10-7-20-8-11-23;;/h2,4-5,12,14,20H,3,6-11,13H2,1H3,(H,21,24);2*1H. The second-order valence-corrected chi connectivity index (χ2v) is 7.44. The van der Waals surface area contributed by atoms with Crippen molar-refractivity contribution in [3.8, 4) is 5.75 Å². The highest BCUT2D eigenvalue weighted by molar-refractivity contribution is 7.09. The molecule has 1 aliphatic heterocycles. The minimum Gasteiger partial charge on any atom is -0.487 e. The molecule has 1 amide bonds. The number of aromatic nitrogens is 1. The zero-order valence-electron chi connectivity index (χ0n) is 16.0. The third kappa shape index (κ3) is 7.93. The first-order chi connectivity index (χ1) is 12.7. The average Bonchev–Trinajstić information content (AvgIpc) is 3.10. The molecule has 0 saturated carbocycles. The number of amides is 1. The Balaban J connectivity index is 0.00000196. The normalized spacial score (nSPS) is 13.9. The van der Waals surface area contributed by atoms with Crippen molar-refractivity contribution < 1.29 is 9.53 Å². The molecule has 1 aromatic carbocycles. The molecule has 1 aromatic heterocycles. The maximum Gasteiger partial charge on any atom is 0.251 e. The van der Waals surface area contributed by atoms with Crippen LogP contribution in [-0.2, 0) is 6.61 Å². The van der Waals surface area contributed by atoms with Crippen LogP contribution >= 0.6 is 36.2 Å². The van der Waals surface area contributed by atoms with Gasteiger partial charge in [-0.15, -0.1) is 36.2 Å². The van der Waals surface area contributed by atoms with E-state index in [2.05, 4.69) is 20.5 Å². The fraction of sp³-hybridized carbons (Fsp3) is 0.474. The largest absolute Gasteiger partial charge is 0.487 e. The zero-order valence-corrected chi connectivity index (χ0v) is 18.4. The van der Waals surface area contributed by atoms with Gasteiger partial charge in [-0.25, -0.2) is 4.98 Å². The Morgan fingerprint density at radius 2 is 2.11 bits per heavy atom. The number of benzene rings is 1. The summed E-state index contributed by atoms with van der Waals surface area (Å²) in [6.45, 7) is 8.39. The van der Waals surface area contributed by atoms with E-state index in [0.29, 0.717) is 24.5 Å². The molecule has 0 radical (unpaired) electrons. The van der Waals surface area contributed by atoms with Crippen LogP contribution in [0.5, 0.6) is 5.75 Å². The summed E-state index contributed by atoms with van der Waals surface area (Å²) in [4.78, 5) is 19.1. The minimum absolute atomic E-state index is 0. The second-order valence-electron chi connectivity index (χ2n) is 6.38. The number of aryl methyl sites for hydroxylation is 1. The third-order valence-corrected chi connectivity index (χ3v) is 5.12. The molecule has 0 aliphatic carbocycles. The van der Waals surface area contributed by atoms with Crippen molar-refractivity contribution in [2.24, 2.45) is 0 Å². The van der Waals surface area contributed by atoms with Crippen molar-refractivity contribution in [1.82, 2.24) is 20.5 Å². The van der Waals surface area contributed by atoms with E-state index in [-0.39, 0.29) is 30.7 Å². The highest BCUT2D eigenvalue weighted by Crippen LogP contribution is 2.16. The summed E-state index contributed by atoms with van der Waals surface area (Å²) in [5.74, 6) is 0.629. The maximum atomic E-state index is 12.3. The predicted octanol–water partition coefficient (Wildman–Crippen LogP) is 2.90. The molecule has 2 N–H and O–H groups in total. The Kier molecular flexibility index (Phi) is 11.4. The number of ether oxygens (including phenoxy) is 1. The molecule has 3 rings (SSSR count). The van der Waals surface area contributed by atoms with Gasteiger partial charge in [0, 0.05) is 43.7 Å². The SMILES string of the molecule is Cc1nc(COc2cccc(C(=O)NCCCN3CCNCC3)c2)cs1.Cl.Cl. The number of hydrogen-bond donors (Lipinski definition) is 2. The van der Waals surface area contributed by atoms with Crippen molar-refractivity contribution in [1.29, 1.82) is 0 Å². The molecule has 1 aliphatic rings. The predicted molar refractivity (Wildman–Crippen MR) is 118 cm³/mol. The molecule has 2 heterocycles. The minimum atomic E-state index is -0.0553. The first kappa shape index (κ1) is 24.7. The van der Waals surface area contributed by atoms with Crippen LogP contribution in [0.3, 0.4) is 0 Å². The molecule has 28 heavy (non-hydrogen) atoms. The van der Waals surface area contributed by atoms with E-state index in [1.165, 1.54) is 0 Å². The molecule has 6 nitrogen and oxygen atoms in total. The van der Waals surface area contributed by atoms with Gasteiger partial charge in [-0.1, -0.05) is 6.07 Å². The number of carbonyl (C=O) groups excluding carboxylic acids is 1. The summed E-state index contributed by atoms with van der Waals surface area (Å²) in [6, 6.07) is 7.30. The molecule has 2 aromatic rings. The van der Waals surface area contributed by atoms with Crippen LogP contribution in [0, 0.1) is 6.92 Å². The molecule has 0 spiro atoms. The lowest BCUT2D eigenvalue weighted by Gasteiger charge is -2.27. The van der Waals surface area contributed by atoms with Crippen LogP contribution in [0.1, 0.15) is 27.5 Å². The van der Waals surface area contributed by atoms with Crippen molar-refractivity contribution in [2.45, 2.75) is 20.0 Å². The van der Waals surface area contributed by atoms with Gasteiger partial charge < -0.3 is 20.3 Å². The van der Waals surface area contributed by atoms with Gasteiger partial charge in [-0.3, -0.25) is 4.79 Å². The quantitative estimate of drug-likeness (QED) is 0.610. The van der Waals surface area contributed by atoms with Gasteiger partial charge in [0.15, 0.2) is 0 Å². The molecular formula is C19H28Cl2N4O2S. The van der Waals surface area contributed by atoms with Crippen LogP contribution < -0.4 is 15.4 Å². The highest BCUT2D eigenvalue weighted by Gasteiger charge is 2.10. The van der Waals surface area contributed by atoms with E-state index in [0.717, 1.165) is 49.8 Å².